The molecule has 1 fully saturated rings. The molecule has 0 saturated carbocycles. The molecule has 0 radical (unpaired) electrons. The number of halogens is 4. The van der Waals surface area contributed by atoms with Crippen LogP contribution in [0, 0.1) is 11.7 Å². The number of rotatable bonds is 6. The van der Waals surface area contributed by atoms with Gasteiger partial charge in [0.25, 0.3) is 0 Å². The second-order valence-electron chi connectivity index (χ2n) is 9.10. The van der Waals surface area contributed by atoms with E-state index in [1.165, 1.54) is 16.4 Å². The predicted molar refractivity (Wildman–Crippen MR) is 129 cm³/mol. The summed E-state index contributed by atoms with van der Waals surface area (Å²) in [5.74, 6) is -0.698. The Labute approximate surface area is 212 Å². The molecule has 2 heterocycles. The molecule has 1 aliphatic carbocycles. The first-order chi connectivity index (χ1) is 17.6. The summed E-state index contributed by atoms with van der Waals surface area (Å²) in [6.07, 6.45) is -0.335. The third-order valence-electron chi connectivity index (χ3n) is 6.96. The van der Waals surface area contributed by atoms with Gasteiger partial charge in [0.2, 0.25) is 10.0 Å². The molecule has 11 heteroatoms. The highest BCUT2D eigenvalue weighted by Gasteiger charge is 2.41. The Hall–Kier alpha value is -3.02. The fourth-order valence-corrected chi connectivity index (χ4v) is 6.51. The minimum absolute atomic E-state index is 0.171. The van der Waals surface area contributed by atoms with Crippen molar-refractivity contribution in [3.05, 3.63) is 82.9 Å². The van der Waals surface area contributed by atoms with Crippen molar-refractivity contribution in [2.45, 2.75) is 30.3 Å². The smallest absolute Gasteiger partial charge is 0.381 e. The minimum Gasteiger partial charge on any atom is -0.381 e. The van der Waals surface area contributed by atoms with E-state index >= 15 is 0 Å². The molecule has 37 heavy (non-hydrogen) atoms. The van der Waals surface area contributed by atoms with Crippen LogP contribution in [0.5, 0.6) is 0 Å². The molecule has 5 rings (SSSR count). The topological polar surface area (TPSA) is 64.4 Å². The van der Waals surface area contributed by atoms with E-state index < -0.39 is 21.8 Å². The Morgan fingerprint density at radius 1 is 1.08 bits per heavy atom. The first-order valence-corrected chi connectivity index (χ1v) is 13.3. The van der Waals surface area contributed by atoms with Crippen molar-refractivity contribution in [2.75, 3.05) is 26.3 Å². The minimum atomic E-state index is -4.54. The van der Waals surface area contributed by atoms with Crippen LogP contribution in [0.3, 0.4) is 0 Å². The molecule has 2 atom stereocenters. The van der Waals surface area contributed by atoms with Crippen LogP contribution in [-0.4, -0.2) is 48.8 Å². The Bertz CT molecular complexity index is 1410. The molecule has 2 aromatic carbocycles. The molecule has 196 valence electrons. The largest absolute Gasteiger partial charge is 0.416 e. The predicted octanol–water partition coefficient (Wildman–Crippen LogP) is 5.26. The second-order valence-corrected chi connectivity index (χ2v) is 11.0. The first kappa shape index (κ1) is 25.6. The number of ether oxygens (including phenoxy) is 1. The Kier molecular flexibility index (Phi) is 6.71. The monoisotopic (exact) mass is 535 g/mol. The van der Waals surface area contributed by atoms with E-state index in [0.717, 1.165) is 41.1 Å². The van der Waals surface area contributed by atoms with Crippen LogP contribution < -0.4 is 0 Å². The third-order valence-corrected chi connectivity index (χ3v) is 8.84. The van der Waals surface area contributed by atoms with Gasteiger partial charge in [-0.1, -0.05) is 5.57 Å². The van der Waals surface area contributed by atoms with Crippen molar-refractivity contribution in [1.82, 2.24) is 14.1 Å². The normalized spacial score (nSPS) is 20.3. The van der Waals surface area contributed by atoms with Crippen molar-refractivity contribution in [2.24, 2.45) is 5.92 Å². The lowest BCUT2D eigenvalue weighted by Gasteiger charge is -2.40. The van der Waals surface area contributed by atoms with Gasteiger partial charge in [0.05, 0.1) is 34.6 Å². The lowest BCUT2D eigenvalue weighted by Crippen LogP contribution is -2.44. The zero-order valence-electron chi connectivity index (χ0n) is 20.0. The third kappa shape index (κ3) is 4.83. The summed E-state index contributed by atoms with van der Waals surface area (Å²) in [6.45, 7) is 3.10. The summed E-state index contributed by atoms with van der Waals surface area (Å²) >= 11 is 0. The van der Waals surface area contributed by atoms with Gasteiger partial charge in [0.15, 0.2) is 0 Å². The highest BCUT2D eigenvalue weighted by Crippen LogP contribution is 2.44. The molecule has 0 unspecified atom stereocenters. The van der Waals surface area contributed by atoms with Crippen LogP contribution in [0.25, 0.3) is 11.8 Å². The van der Waals surface area contributed by atoms with Gasteiger partial charge in [-0.25, -0.2) is 17.5 Å². The number of alkyl halides is 3. The fourth-order valence-electron chi connectivity index (χ4n) is 5.05. The number of benzene rings is 2. The van der Waals surface area contributed by atoms with E-state index in [1.54, 1.807) is 23.0 Å². The fraction of sp³-hybridized carbons (Fsp3) is 0.346. The lowest BCUT2D eigenvalue weighted by molar-refractivity contribution is -0.137. The van der Waals surface area contributed by atoms with Crippen molar-refractivity contribution in [3.8, 4) is 5.69 Å². The van der Waals surface area contributed by atoms with Gasteiger partial charge in [-0.05, 0) is 68.0 Å². The average Bonchev–Trinajstić information content (AvgIpc) is 3.30. The molecular formula is C26H25F4N3O3S. The number of piperidine rings is 1. The van der Waals surface area contributed by atoms with Crippen LogP contribution in [0.2, 0.25) is 0 Å². The zero-order chi connectivity index (χ0) is 26.4. The van der Waals surface area contributed by atoms with E-state index in [4.69, 9.17) is 4.74 Å². The van der Waals surface area contributed by atoms with Gasteiger partial charge in [-0.15, -0.1) is 0 Å². The maximum atomic E-state index is 13.5. The van der Waals surface area contributed by atoms with Crippen LogP contribution in [0.15, 0.2) is 65.2 Å². The number of fused-ring (bicyclic) bond motifs is 2. The summed E-state index contributed by atoms with van der Waals surface area (Å²) in [4.78, 5) is -0.171. The zero-order valence-corrected chi connectivity index (χ0v) is 20.8. The summed E-state index contributed by atoms with van der Waals surface area (Å²) in [7, 11) is -4.00. The molecule has 0 spiro atoms. The SMILES string of the molecule is CCOC[C@H]1c2cnn(-c3ccc(F)cc3)c2C=C2CCN(S(=O)(=O)c3ccc(C(F)(F)F)cc3)C[C@@H]21. The molecule has 3 aromatic rings. The Morgan fingerprint density at radius 2 is 1.78 bits per heavy atom. The van der Waals surface area contributed by atoms with Gasteiger partial charge in [-0.2, -0.15) is 22.6 Å². The summed E-state index contributed by atoms with van der Waals surface area (Å²) < 4.78 is 87.9. The maximum absolute atomic E-state index is 13.5. The molecular weight excluding hydrogens is 510 g/mol. The summed E-state index contributed by atoms with van der Waals surface area (Å²) in [5, 5.41) is 4.53. The number of hydrogen-bond donors (Lipinski definition) is 0. The standard InChI is InChI=1S/C26H25F4N3O3S/c1-2-36-16-24-22-14-31-33(20-7-5-19(27)6-8-20)25(22)13-17-11-12-32(15-23(17)24)37(34,35)21-9-3-18(4-10-21)26(28,29)30/h3-10,13-14,23-24H,2,11-12,15-16H2,1H3/t23-,24-/m0/s1. The first-order valence-electron chi connectivity index (χ1n) is 11.9. The van der Waals surface area contributed by atoms with Crippen LogP contribution in [-0.2, 0) is 20.9 Å². The summed E-state index contributed by atoms with van der Waals surface area (Å²) in [6, 6.07) is 9.61. The van der Waals surface area contributed by atoms with Gasteiger partial charge in [0.1, 0.15) is 5.82 Å². The van der Waals surface area contributed by atoms with Crippen molar-refractivity contribution in [1.29, 1.82) is 0 Å². The number of aromatic nitrogens is 2. The molecule has 1 aromatic heterocycles. The number of nitrogens with zero attached hydrogens (tertiary/aromatic N) is 3. The van der Waals surface area contributed by atoms with Crippen LogP contribution in [0.1, 0.15) is 36.1 Å². The van der Waals surface area contributed by atoms with E-state index in [0.29, 0.717) is 25.3 Å². The quantitative estimate of drug-likeness (QED) is 0.404. The molecule has 0 amide bonds. The van der Waals surface area contributed by atoms with Crippen molar-refractivity contribution in [3.63, 3.8) is 0 Å². The van der Waals surface area contributed by atoms with E-state index in [1.807, 2.05) is 13.0 Å². The van der Waals surface area contributed by atoms with Gasteiger partial charge < -0.3 is 4.74 Å². The highest BCUT2D eigenvalue weighted by molar-refractivity contribution is 7.89. The van der Waals surface area contributed by atoms with E-state index in [-0.39, 0.29) is 35.6 Å². The van der Waals surface area contributed by atoms with E-state index in [2.05, 4.69) is 5.10 Å². The molecule has 2 aliphatic rings. The van der Waals surface area contributed by atoms with Crippen molar-refractivity contribution < 1.29 is 30.7 Å². The lowest BCUT2D eigenvalue weighted by atomic mass is 9.74. The van der Waals surface area contributed by atoms with Crippen molar-refractivity contribution >= 4 is 16.1 Å². The number of sulfonamides is 1. The molecule has 1 saturated heterocycles. The van der Waals surface area contributed by atoms with Crippen LogP contribution >= 0.6 is 0 Å². The second kappa shape index (κ2) is 9.70. The van der Waals surface area contributed by atoms with Gasteiger partial charge in [-0.3, -0.25) is 0 Å². The average molecular weight is 536 g/mol. The van der Waals surface area contributed by atoms with Crippen LogP contribution in [0.4, 0.5) is 17.6 Å². The molecule has 0 bridgehead atoms. The molecule has 0 N–H and O–H groups in total. The van der Waals surface area contributed by atoms with E-state index in [9.17, 15) is 26.0 Å². The number of hydrogen-bond acceptors (Lipinski definition) is 4. The maximum Gasteiger partial charge on any atom is 0.416 e. The molecule has 1 aliphatic heterocycles. The molecule has 6 nitrogen and oxygen atoms in total. The summed E-state index contributed by atoms with van der Waals surface area (Å²) in [5.41, 5.74) is 2.61. The van der Waals surface area contributed by atoms with Gasteiger partial charge >= 0.3 is 6.18 Å². The van der Waals surface area contributed by atoms with Gasteiger partial charge in [0, 0.05) is 37.1 Å². The Morgan fingerprint density at radius 3 is 2.43 bits per heavy atom. The highest BCUT2D eigenvalue weighted by atomic mass is 32.2. The Balaban J connectivity index is 1.46.